The average Bonchev–Trinajstić information content (AvgIpc) is 2.75. The van der Waals surface area contributed by atoms with Crippen molar-refractivity contribution in [2.24, 2.45) is 0 Å². The quantitative estimate of drug-likeness (QED) is 0.856. The van der Waals surface area contributed by atoms with Gasteiger partial charge in [-0.25, -0.2) is 18.4 Å². The summed E-state index contributed by atoms with van der Waals surface area (Å²) in [5.41, 5.74) is 1.10. The fraction of sp³-hybridized carbons (Fsp3) is 0.474. The summed E-state index contributed by atoms with van der Waals surface area (Å²) in [4.78, 5) is 11.4. The van der Waals surface area contributed by atoms with E-state index in [4.69, 9.17) is 0 Å². The van der Waals surface area contributed by atoms with Gasteiger partial charge < -0.3 is 10.2 Å². The van der Waals surface area contributed by atoms with E-state index < -0.39 is 10.0 Å². The van der Waals surface area contributed by atoms with E-state index >= 15 is 0 Å². The van der Waals surface area contributed by atoms with Gasteiger partial charge in [0, 0.05) is 43.9 Å². The number of hydrogen-bond acceptors (Lipinski definition) is 6. The van der Waals surface area contributed by atoms with Gasteiger partial charge in [-0.2, -0.15) is 4.31 Å². The molecule has 0 aliphatic carbocycles. The number of aromatic nitrogens is 2. The predicted molar refractivity (Wildman–Crippen MR) is 104 cm³/mol. The topological polar surface area (TPSA) is 78.4 Å². The van der Waals surface area contributed by atoms with Gasteiger partial charge in [-0.1, -0.05) is 18.2 Å². The van der Waals surface area contributed by atoms with Gasteiger partial charge in [0.15, 0.2) is 0 Å². The highest BCUT2D eigenvalue weighted by Gasteiger charge is 2.29. The first-order valence-electron chi connectivity index (χ1n) is 9.47. The van der Waals surface area contributed by atoms with Crippen molar-refractivity contribution in [1.29, 1.82) is 0 Å². The minimum absolute atomic E-state index is 0.355. The van der Waals surface area contributed by atoms with Crippen LogP contribution in [-0.2, 0) is 10.0 Å². The molecule has 4 rings (SSSR count). The van der Waals surface area contributed by atoms with E-state index in [2.05, 4.69) is 26.3 Å². The molecule has 2 aliphatic heterocycles. The first kappa shape index (κ1) is 18.3. The summed E-state index contributed by atoms with van der Waals surface area (Å²) < 4.78 is 27.1. The van der Waals surface area contributed by atoms with Gasteiger partial charge in [-0.15, -0.1) is 0 Å². The summed E-state index contributed by atoms with van der Waals surface area (Å²) >= 11 is 0. The highest BCUT2D eigenvalue weighted by molar-refractivity contribution is 7.89. The number of nitrogens with one attached hydrogen (secondary N) is 1. The lowest BCUT2D eigenvalue weighted by Gasteiger charge is -2.35. The molecule has 0 bridgehead atoms. The molecule has 0 radical (unpaired) electrons. The Labute approximate surface area is 160 Å². The van der Waals surface area contributed by atoms with Crippen LogP contribution in [0.3, 0.4) is 0 Å². The molecule has 1 aromatic carbocycles. The van der Waals surface area contributed by atoms with Crippen molar-refractivity contribution in [2.75, 3.05) is 44.2 Å². The van der Waals surface area contributed by atoms with E-state index in [1.54, 1.807) is 34.9 Å². The smallest absolute Gasteiger partial charge is 0.243 e. The SMILES string of the molecule is O=S(=O)(c1ccccc1)N1CCN(c2cc(C3CCNCC3)ncn2)CC1. The molecular formula is C19H25N5O2S. The van der Waals surface area contributed by atoms with Gasteiger partial charge in [0.1, 0.15) is 12.1 Å². The van der Waals surface area contributed by atoms with Gasteiger partial charge in [0.2, 0.25) is 10.0 Å². The third kappa shape index (κ3) is 3.97. The molecule has 2 aliphatic rings. The van der Waals surface area contributed by atoms with Crippen molar-refractivity contribution in [2.45, 2.75) is 23.7 Å². The van der Waals surface area contributed by atoms with Crippen LogP contribution in [0.25, 0.3) is 0 Å². The van der Waals surface area contributed by atoms with Crippen molar-refractivity contribution in [3.05, 3.63) is 48.4 Å². The molecule has 0 atom stereocenters. The fourth-order valence-electron chi connectivity index (χ4n) is 3.77. The van der Waals surface area contributed by atoms with Crippen molar-refractivity contribution < 1.29 is 8.42 Å². The Bertz CT molecular complexity index is 861. The summed E-state index contributed by atoms with van der Waals surface area (Å²) in [5.74, 6) is 1.38. The second-order valence-electron chi connectivity index (χ2n) is 7.03. The molecule has 0 spiro atoms. The molecule has 2 fully saturated rings. The van der Waals surface area contributed by atoms with Gasteiger partial charge in [0.25, 0.3) is 0 Å². The maximum absolute atomic E-state index is 12.8. The molecule has 2 aromatic rings. The van der Waals surface area contributed by atoms with Crippen molar-refractivity contribution in [3.63, 3.8) is 0 Å². The largest absolute Gasteiger partial charge is 0.354 e. The Kier molecular flexibility index (Phi) is 5.38. The van der Waals surface area contributed by atoms with Crippen molar-refractivity contribution >= 4 is 15.8 Å². The molecule has 1 N–H and O–H groups in total. The summed E-state index contributed by atoms with van der Waals surface area (Å²) in [6.07, 6.45) is 3.83. The number of piperazine rings is 1. The van der Waals surface area contributed by atoms with Crippen molar-refractivity contribution in [1.82, 2.24) is 19.6 Å². The monoisotopic (exact) mass is 387 g/mol. The molecule has 2 saturated heterocycles. The molecule has 0 unspecified atom stereocenters. The maximum atomic E-state index is 12.8. The normalized spacial score (nSPS) is 19.9. The fourth-order valence-corrected chi connectivity index (χ4v) is 5.22. The van der Waals surface area contributed by atoms with Crippen molar-refractivity contribution in [3.8, 4) is 0 Å². The Morgan fingerprint density at radius 2 is 1.67 bits per heavy atom. The van der Waals surface area contributed by atoms with E-state index in [9.17, 15) is 8.42 Å². The zero-order valence-electron chi connectivity index (χ0n) is 15.3. The Balaban J connectivity index is 1.44. The lowest BCUT2D eigenvalue weighted by molar-refractivity contribution is 0.383. The average molecular weight is 388 g/mol. The number of hydrogen-bond donors (Lipinski definition) is 1. The molecule has 0 amide bonds. The molecule has 3 heterocycles. The highest BCUT2D eigenvalue weighted by Crippen LogP contribution is 2.26. The standard InChI is InChI=1S/C19H25N5O2S/c25-27(26,17-4-2-1-3-5-17)24-12-10-23(11-13-24)19-14-18(21-15-22-19)16-6-8-20-9-7-16/h1-5,14-16,20H,6-13H2. The highest BCUT2D eigenvalue weighted by atomic mass is 32.2. The van der Waals surface area contributed by atoms with E-state index in [0.29, 0.717) is 37.0 Å². The minimum Gasteiger partial charge on any atom is -0.354 e. The summed E-state index contributed by atoms with van der Waals surface area (Å²) in [7, 11) is -3.43. The summed E-state index contributed by atoms with van der Waals surface area (Å²) in [6.45, 7) is 4.25. The molecule has 1 aromatic heterocycles. The number of rotatable bonds is 4. The van der Waals surface area contributed by atoms with Crippen LogP contribution < -0.4 is 10.2 Å². The van der Waals surface area contributed by atoms with Crippen LogP contribution in [0.5, 0.6) is 0 Å². The van der Waals surface area contributed by atoms with Crippen LogP contribution in [0.15, 0.2) is 47.6 Å². The van der Waals surface area contributed by atoms with Crippen LogP contribution in [-0.4, -0.2) is 62.0 Å². The number of sulfonamides is 1. The van der Waals surface area contributed by atoms with Crippen LogP contribution in [0.1, 0.15) is 24.5 Å². The summed E-state index contributed by atoms with van der Waals surface area (Å²) in [5, 5.41) is 3.38. The molecule has 144 valence electrons. The molecule has 8 heteroatoms. The zero-order chi connectivity index (χ0) is 18.7. The number of anilines is 1. The van der Waals surface area contributed by atoms with Gasteiger partial charge >= 0.3 is 0 Å². The Hall–Kier alpha value is -2.03. The molecular weight excluding hydrogens is 362 g/mol. The van der Waals surface area contributed by atoms with Gasteiger partial charge in [0.05, 0.1) is 4.90 Å². The second kappa shape index (κ2) is 7.92. The van der Waals surface area contributed by atoms with Crippen LogP contribution in [0, 0.1) is 0 Å². The third-order valence-electron chi connectivity index (χ3n) is 5.37. The number of benzene rings is 1. The molecule has 7 nitrogen and oxygen atoms in total. The van der Waals surface area contributed by atoms with E-state index in [-0.39, 0.29) is 0 Å². The summed E-state index contributed by atoms with van der Waals surface area (Å²) in [6, 6.07) is 10.7. The third-order valence-corrected chi connectivity index (χ3v) is 7.29. The van der Waals surface area contributed by atoms with Crippen LogP contribution in [0.2, 0.25) is 0 Å². The Morgan fingerprint density at radius 1 is 0.963 bits per heavy atom. The second-order valence-corrected chi connectivity index (χ2v) is 8.97. The van der Waals surface area contributed by atoms with E-state index in [1.807, 2.05) is 6.07 Å². The van der Waals surface area contributed by atoms with E-state index in [1.165, 1.54) is 0 Å². The first-order valence-corrected chi connectivity index (χ1v) is 10.9. The molecule has 0 saturated carbocycles. The van der Waals surface area contributed by atoms with Crippen LogP contribution in [0.4, 0.5) is 5.82 Å². The lowest BCUT2D eigenvalue weighted by Crippen LogP contribution is -2.49. The number of piperidine rings is 1. The van der Waals surface area contributed by atoms with Crippen LogP contribution >= 0.6 is 0 Å². The minimum atomic E-state index is -3.43. The first-order chi connectivity index (χ1) is 13.1. The number of nitrogens with zero attached hydrogens (tertiary/aromatic N) is 4. The molecule has 27 heavy (non-hydrogen) atoms. The van der Waals surface area contributed by atoms with Gasteiger partial charge in [-0.05, 0) is 38.1 Å². The van der Waals surface area contributed by atoms with E-state index in [0.717, 1.165) is 37.4 Å². The zero-order valence-corrected chi connectivity index (χ0v) is 16.1. The lowest BCUT2D eigenvalue weighted by atomic mass is 9.94. The predicted octanol–water partition coefficient (Wildman–Crippen LogP) is 1.45. The van der Waals surface area contributed by atoms with Gasteiger partial charge in [-0.3, -0.25) is 0 Å². The maximum Gasteiger partial charge on any atom is 0.243 e. The Morgan fingerprint density at radius 3 is 2.37 bits per heavy atom.